The number of halogens is 1. The van der Waals surface area contributed by atoms with E-state index >= 15 is 0 Å². The highest BCUT2D eigenvalue weighted by Gasteiger charge is 2.50. The summed E-state index contributed by atoms with van der Waals surface area (Å²) in [6.07, 6.45) is 0.344. The molecule has 1 saturated heterocycles. The molecule has 3 rings (SSSR count). The second kappa shape index (κ2) is 8.05. The van der Waals surface area contributed by atoms with Crippen LogP contribution in [-0.2, 0) is 15.1 Å². The number of nitrogens with zero attached hydrogens (tertiary/aromatic N) is 1. The third kappa shape index (κ3) is 4.00. The SMILES string of the molecule is CCC(=O)Nc1ccc(C(=O)CN2C(=O)N[C@@](C)(c3ccccc3Cl)C2=O)cc1. The van der Waals surface area contributed by atoms with Crippen LogP contribution in [0.3, 0.4) is 0 Å². The number of carbonyl (C=O) groups excluding carboxylic acids is 4. The summed E-state index contributed by atoms with van der Waals surface area (Å²) in [5.41, 5.74) is 0.0106. The fourth-order valence-electron chi connectivity index (χ4n) is 3.11. The van der Waals surface area contributed by atoms with Gasteiger partial charge in [0.2, 0.25) is 5.91 Å². The number of rotatable bonds is 6. The van der Waals surface area contributed by atoms with Crippen LogP contribution in [0.1, 0.15) is 36.2 Å². The zero-order valence-corrected chi connectivity index (χ0v) is 16.7. The largest absolute Gasteiger partial charge is 0.326 e. The Labute approximate surface area is 173 Å². The van der Waals surface area contributed by atoms with Gasteiger partial charge in [0.25, 0.3) is 5.91 Å². The van der Waals surface area contributed by atoms with Crippen LogP contribution in [0.2, 0.25) is 5.02 Å². The van der Waals surface area contributed by atoms with Gasteiger partial charge in [-0.3, -0.25) is 19.3 Å². The molecule has 7 nitrogen and oxygen atoms in total. The van der Waals surface area contributed by atoms with Gasteiger partial charge < -0.3 is 10.6 Å². The smallest absolute Gasteiger partial charge is 0.325 e. The van der Waals surface area contributed by atoms with Crippen molar-refractivity contribution in [2.75, 3.05) is 11.9 Å². The quantitative estimate of drug-likeness (QED) is 0.560. The van der Waals surface area contributed by atoms with Gasteiger partial charge in [0.15, 0.2) is 5.78 Å². The van der Waals surface area contributed by atoms with Crippen LogP contribution in [0.5, 0.6) is 0 Å². The molecular formula is C21H20ClN3O4. The molecule has 8 heteroatoms. The molecule has 1 heterocycles. The van der Waals surface area contributed by atoms with E-state index in [9.17, 15) is 19.2 Å². The minimum atomic E-state index is -1.34. The van der Waals surface area contributed by atoms with Crippen LogP contribution in [0.4, 0.5) is 10.5 Å². The highest BCUT2D eigenvalue weighted by molar-refractivity contribution is 6.32. The van der Waals surface area contributed by atoms with E-state index in [0.29, 0.717) is 28.3 Å². The molecule has 1 fully saturated rings. The molecular weight excluding hydrogens is 394 g/mol. The molecule has 0 saturated carbocycles. The molecule has 150 valence electrons. The van der Waals surface area contributed by atoms with Gasteiger partial charge in [-0.15, -0.1) is 0 Å². The second-order valence-corrected chi connectivity index (χ2v) is 7.24. The lowest BCUT2D eigenvalue weighted by molar-refractivity contribution is -0.130. The first-order valence-electron chi connectivity index (χ1n) is 9.08. The van der Waals surface area contributed by atoms with Crippen molar-refractivity contribution in [2.45, 2.75) is 25.8 Å². The van der Waals surface area contributed by atoms with E-state index in [0.717, 1.165) is 4.90 Å². The van der Waals surface area contributed by atoms with Crippen molar-refractivity contribution in [1.82, 2.24) is 10.2 Å². The molecule has 1 aliphatic heterocycles. The zero-order chi connectivity index (χ0) is 21.2. The van der Waals surface area contributed by atoms with E-state index in [1.165, 1.54) is 0 Å². The van der Waals surface area contributed by atoms with Gasteiger partial charge in [0.05, 0.1) is 6.54 Å². The van der Waals surface area contributed by atoms with Gasteiger partial charge in [0, 0.05) is 28.3 Å². The summed E-state index contributed by atoms with van der Waals surface area (Å²) in [6, 6.07) is 12.4. The van der Waals surface area contributed by atoms with Gasteiger partial charge in [0.1, 0.15) is 5.54 Å². The fraction of sp³-hybridized carbons (Fsp3) is 0.238. The van der Waals surface area contributed by atoms with Gasteiger partial charge in [-0.1, -0.05) is 36.7 Å². The summed E-state index contributed by atoms with van der Waals surface area (Å²) in [5, 5.41) is 5.67. The summed E-state index contributed by atoms with van der Waals surface area (Å²) < 4.78 is 0. The van der Waals surface area contributed by atoms with Crippen molar-refractivity contribution in [3.05, 3.63) is 64.7 Å². The maximum absolute atomic E-state index is 12.9. The van der Waals surface area contributed by atoms with Crippen LogP contribution >= 0.6 is 11.6 Å². The number of anilines is 1. The van der Waals surface area contributed by atoms with Crippen LogP contribution in [0, 0.1) is 0 Å². The van der Waals surface area contributed by atoms with Crippen LogP contribution in [0.15, 0.2) is 48.5 Å². The van der Waals surface area contributed by atoms with Crippen molar-refractivity contribution >= 4 is 40.9 Å². The Bertz CT molecular complexity index is 990. The average molecular weight is 414 g/mol. The molecule has 2 N–H and O–H groups in total. The molecule has 0 aromatic heterocycles. The summed E-state index contributed by atoms with van der Waals surface area (Å²) in [7, 11) is 0. The summed E-state index contributed by atoms with van der Waals surface area (Å²) >= 11 is 6.20. The van der Waals surface area contributed by atoms with Crippen LogP contribution < -0.4 is 10.6 Å². The normalized spacial score (nSPS) is 18.5. The van der Waals surface area contributed by atoms with Crippen LogP contribution in [0.25, 0.3) is 0 Å². The predicted octanol–water partition coefficient (Wildman–Crippen LogP) is 3.34. The van der Waals surface area contributed by atoms with Crippen molar-refractivity contribution in [3.63, 3.8) is 0 Å². The number of ketones is 1. The first-order chi connectivity index (χ1) is 13.8. The van der Waals surface area contributed by atoms with Gasteiger partial charge >= 0.3 is 6.03 Å². The Morgan fingerprint density at radius 3 is 2.38 bits per heavy atom. The molecule has 0 unspecified atom stereocenters. The number of hydrogen-bond donors (Lipinski definition) is 2. The number of amides is 4. The van der Waals surface area contributed by atoms with E-state index in [2.05, 4.69) is 10.6 Å². The number of urea groups is 1. The number of hydrogen-bond acceptors (Lipinski definition) is 4. The standard InChI is InChI=1S/C21H20ClN3O4/c1-3-18(27)23-14-10-8-13(9-11-14)17(26)12-25-19(28)21(2,24-20(25)29)15-6-4-5-7-16(15)22/h4-11H,3,12H2,1-2H3,(H,23,27)(H,24,29)/t21-/m0/s1. The average Bonchev–Trinajstić information content (AvgIpc) is 2.92. The lowest BCUT2D eigenvalue weighted by atomic mass is 9.92. The van der Waals surface area contributed by atoms with Gasteiger partial charge in [-0.25, -0.2) is 4.79 Å². The van der Waals surface area contributed by atoms with E-state index < -0.39 is 29.8 Å². The maximum atomic E-state index is 12.9. The third-order valence-corrected chi connectivity index (χ3v) is 5.13. The Morgan fingerprint density at radius 2 is 1.76 bits per heavy atom. The lowest BCUT2D eigenvalue weighted by Crippen LogP contribution is -2.41. The number of imide groups is 1. The van der Waals surface area contributed by atoms with Crippen LogP contribution in [-0.4, -0.2) is 35.1 Å². The molecule has 1 atom stereocenters. The number of benzene rings is 2. The molecule has 29 heavy (non-hydrogen) atoms. The minimum absolute atomic E-state index is 0.137. The molecule has 1 aliphatic rings. The number of carbonyl (C=O) groups is 4. The lowest BCUT2D eigenvalue weighted by Gasteiger charge is -2.23. The second-order valence-electron chi connectivity index (χ2n) is 6.83. The summed E-state index contributed by atoms with van der Waals surface area (Å²) in [5.74, 6) is -1.08. The number of Topliss-reactive ketones (excluding diaryl/α,β-unsaturated/α-hetero) is 1. The van der Waals surface area contributed by atoms with Gasteiger partial charge in [-0.2, -0.15) is 0 Å². The topological polar surface area (TPSA) is 95.6 Å². The molecule has 0 spiro atoms. The van der Waals surface area contributed by atoms with Gasteiger partial charge in [-0.05, 0) is 37.3 Å². The molecule has 0 radical (unpaired) electrons. The molecule has 0 bridgehead atoms. The summed E-state index contributed by atoms with van der Waals surface area (Å²) in [6.45, 7) is 2.90. The first-order valence-corrected chi connectivity index (χ1v) is 9.46. The monoisotopic (exact) mass is 413 g/mol. The van der Waals surface area contributed by atoms with Crippen molar-refractivity contribution in [2.24, 2.45) is 0 Å². The molecule has 2 aromatic rings. The van der Waals surface area contributed by atoms with E-state index in [4.69, 9.17) is 11.6 Å². The Morgan fingerprint density at radius 1 is 1.10 bits per heavy atom. The molecule has 4 amide bonds. The maximum Gasteiger partial charge on any atom is 0.325 e. The van der Waals surface area contributed by atoms with Crippen molar-refractivity contribution < 1.29 is 19.2 Å². The summed E-state index contributed by atoms with van der Waals surface area (Å²) in [4.78, 5) is 50.3. The zero-order valence-electron chi connectivity index (χ0n) is 16.0. The predicted molar refractivity (Wildman–Crippen MR) is 109 cm³/mol. The Kier molecular flexibility index (Phi) is 5.70. The fourth-order valence-corrected chi connectivity index (χ4v) is 3.44. The van der Waals surface area contributed by atoms with E-state index in [-0.39, 0.29) is 5.91 Å². The Hall–Kier alpha value is -3.19. The van der Waals surface area contributed by atoms with Crippen molar-refractivity contribution in [1.29, 1.82) is 0 Å². The van der Waals surface area contributed by atoms with Crippen molar-refractivity contribution in [3.8, 4) is 0 Å². The third-order valence-electron chi connectivity index (χ3n) is 4.80. The minimum Gasteiger partial charge on any atom is -0.326 e. The Balaban J connectivity index is 1.75. The molecule has 0 aliphatic carbocycles. The van der Waals surface area contributed by atoms with E-state index in [1.54, 1.807) is 62.4 Å². The van der Waals surface area contributed by atoms with E-state index in [1.807, 2.05) is 0 Å². The first kappa shape index (κ1) is 20.5. The molecule has 2 aromatic carbocycles. The highest BCUT2D eigenvalue weighted by Crippen LogP contribution is 2.33. The number of nitrogens with one attached hydrogen (secondary N) is 2. The highest BCUT2D eigenvalue weighted by atomic mass is 35.5.